The fourth-order valence-corrected chi connectivity index (χ4v) is 1.91. The van der Waals surface area contributed by atoms with Crippen LogP contribution in [0.25, 0.3) is 5.57 Å². The van der Waals surface area contributed by atoms with Gasteiger partial charge in [-0.2, -0.15) is 0 Å². The number of hydrogen-bond acceptors (Lipinski definition) is 0. The molecule has 0 nitrogen and oxygen atoms in total. The molecule has 1 saturated carbocycles. The minimum Gasteiger partial charge on any atom is -0.0955 e. The average molecular weight is 233 g/mol. The number of allylic oxidation sites excluding steroid dienone is 4. The fraction of sp³-hybridized carbons (Fsp3) is 0.0556. The molecule has 0 amide bonds. The first-order valence-electron chi connectivity index (χ1n) is 6.02. The fourth-order valence-electron chi connectivity index (χ4n) is 1.91. The summed E-state index contributed by atoms with van der Waals surface area (Å²) in [5.74, 6) is 1.19. The molecule has 1 fully saturated rings. The molecular weight excluding hydrogens is 216 g/mol. The molecule has 0 unspecified atom stereocenters. The highest BCUT2D eigenvalue weighted by Crippen LogP contribution is 2.32. The van der Waals surface area contributed by atoms with Gasteiger partial charge in [-0.25, -0.2) is 0 Å². The molecule has 1 aromatic carbocycles. The highest BCUT2D eigenvalue weighted by molar-refractivity contribution is 5.82. The number of hydrogen-bond donors (Lipinski definition) is 0. The van der Waals surface area contributed by atoms with Crippen LogP contribution in [-0.4, -0.2) is 0 Å². The van der Waals surface area contributed by atoms with Crippen LogP contribution in [-0.2, 0) is 0 Å². The number of rotatable bonds is 4. The van der Waals surface area contributed by atoms with Crippen molar-refractivity contribution in [2.45, 2.75) is 6.92 Å². The first-order chi connectivity index (χ1) is 8.68. The van der Waals surface area contributed by atoms with E-state index in [2.05, 4.69) is 44.2 Å². The summed E-state index contributed by atoms with van der Waals surface area (Å²) in [6.45, 7) is 10.3. The van der Waals surface area contributed by atoms with Gasteiger partial charge < -0.3 is 0 Å². The second-order valence-corrected chi connectivity index (χ2v) is 4.40. The van der Waals surface area contributed by atoms with Crippen LogP contribution >= 0.6 is 0 Å². The van der Waals surface area contributed by atoms with Crippen LogP contribution in [0.15, 0.2) is 60.7 Å². The van der Waals surface area contributed by atoms with Crippen LogP contribution in [0.3, 0.4) is 0 Å². The van der Waals surface area contributed by atoms with Crippen LogP contribution in [0, 0.1) is 31.6 Å². The Hall–Kier alpha value is -1.56. The molecule has 0 atom stereocenters. The van der Waals surface area contributed by atoms with Crippen LogP contribution in [0.5, 0.6) is 0 Å². The van der Waals surface area contributed by atoms with Crippen molar-refractivity contribution in [1.29, 1.82) is 0 Å². The van der Waals surface area contributed by atoms with Crippen LogP contribution in [0.4, 0.5) is 0 Å². The average Bonchev–Trinajstić information content (AvgIpc) is 2.89. The predicted molar refractivity (Wildman–Crippen MR) is 78.8 cm³/mol. The second-order valence-electron chi connectivity index (χ2n) is 4.40. The first-order valence-corrected chi connectivity index (χ1v) is 6.02. The molecule has 0 saturated heterocycles. The minimum absolute atomic E-state index is 1.02. The Morgan fingerprint density at radius 3 is 2.17 bits per heavy atom. The van der Waals surface area contributed by atoms with Crippen molar-refractivity contribution in [2.24, 2.45) is 0 Å². The number of benzene rings is 1. The normalized spacial score (nSPS) is 16.8. The maximum Gasteiger partial charge on any atom is 0.00563 e. The molecular formula is C18H17. The molecule has 89 valence electrons. The van der Waals surface area contributed by atoms with Gasteiger partial charge in [-0.05, 0) is 49.3 Å². The third kappa shape index (κ3) is 3.01. The molecule has 0 spiro atoms. The molecule has 0 aromatic heterocycles. The zero-order valence-electron chi connectivity index (χ0n) is 10.7. The van der Waals surface area contributed by atoms with E-state index in [-0.39, 0.29) is 0 Å². The standard InChI is InChI=1S/C18H17/c1-14(2)18(13-16-9-7-8-10-16)15(3)17-11-5-4-6-12-17/h4-13H,1,3H2,2H3/b18-13-. The molecule has 0 heterocycles. The zero-order valence-corrected chi connectivity index (χ0v) is 10.7. The van der Waals surface area contributed by atoms with E-state index >= 15 is 0 Å². The van der Waals surface area contributed by atoms with Gasteiger partial charge in [-0.3, -0.25) is 0 Å². The second kappa shape index (κ2) is 5.86. The van der Waals surface area contributed by atoms with Gasteiger partial charge >= 0.3 is 0 Å². The molecule has 0 bridgehead atoms. The van der Waals surface area contributed by atoms with Crippen molar-refractivity contribution < 1.29 is 0 Å². The van der Waals surface area contributed by atoms with Gasteiger partial charge in [0.15, 0.2) is 0 Å². The lowest BCUT2D eigenvalue weighted by Gasteiger charge is -2.13. The smallest absolute Gasteiger partial charge is 0.00563 e. The van der Waals surface area contributed by atoms with E-state index in [4.69, 9.17) is 0 Å². The SMILES string of the molecule is C=C(C)/C(=C/[C]1[CH][CH][CH][CH]1)C(=C)c1ccccc1. The third-order valence-corrected chi connectivity index (χ3v) is 2.91. The molecule has 18 heavy (non-hydrogen) atoms. The van der Waals surface area contributed by atoms with Crippen LogP contribution in [0.2, 0.25) is 0 Å². The summed E-state index contributed by atoms with van der Waals surface area (Å²) in [5, 5.41) is 0. The molecule has 1 aliphatic carbocycles. The largest absolute Gasteiger partial charge is 0.0955 e. The maximum absolute atomic E-state index is 4.20. The van der Waals surface area contributed by atoms with Crippen molar-refractivity contribution >= 4 is 5.57 Å². The molecule has 0 aliphatic heterocycles. The Kier molecular flexibility index (Phi) is 4.19. The predicted octanol–water partition coefficient (Wildman–Crippen LogP) is 4.61. The van der Waals surface area contributed by atoms with E-state index in [0.29, 0.717) is 0 Å². The Balaban J connectivity index is 2.25. The van der Waals surface area contributed by atoms with E-state index in [1.165, 1.54) is 5.92 Å². The van der Waals surface area contributed by atoms with Crippen LogP contribution < -0.4 is 0 Å². The third-order valence-electron chi connectivity index (χ3n) is 2.91. The van der Waals surface area contributed by atoms with Gasteiger partial charge in [0.2, 0.25) is 0 Å². The van der Waals surface area contributed by atoms with Crippen molar-refractivity contribution in [3.05, 3.63) is 97.9 Å². The van der Waals surface area contributed by atoms with Gasteiger partial charge in [-0.1, -0.05) is 55.1 Å². The summed E-state index contributed by atoms with van der Waals surface area (Å²) < 4.78 is 0. The lowest BCUT2D eigenvalue weighted by atomic mass is 9.91. The quantitative estimate of drug-likeness (QED) is 0.666. The van der Waals surface area contributed by atoms with Crippen molar-refractivity contribution in [3.8, 4) is 0 Å². The van der Waals surface area contributed by atoms with Crippen molar-refractivity contribution in [3.63, 3.8) is 0 Å². The zero-order chi connectivity index (χ0) is 13.0. The monoisotopic (exact) mass is 233 g/mol. The van der Waals surface area contributed by atoms with E-state index < -0.39 is 0 Å². The van der Waals surface area contributed by atoms with Crippen LogP contribution in [0.1, 0.15) is 12.5 Å². The summed E-state index contributed by atoms with van der Waals surface area (Å²) in [4.78, 5) is 0. The summed E-state index contributed by atoms with van der Waals surface area (Å²) in [6, 6.07) is 10.2. The Bertz CT molecular complexity index is 456. The summed E-state index contributed by atoms with van der Waals surface area (Å²) >= 11 is 0. The first kappa shape index (κ1) is 12.9. The topological polar surface area (TPSA) is 0 Å². The van der Waals surface area contributed by atoms with E-state index in [1.807, 2.05) is 38.0 Å². The molecule has 0 heteroatoms. The molecule has 1 aliphatic rings. The molecule has 1 aromatic rings. The van der Waals surface area contributed by atoms with Crippen molar-refractivity contribution in [2.75, 3.05) is 0 Å². The Morgan fingerprint density at radius 1 is 1.00 bits per heavy atom. The summed E-state index contributed by atoms with van der Waals surface area (Å²) in [7, 11) is 0. The summed E-state index contributed by atoms with van der Waals surface area (Å²) in [6.07, 6.45) is 10.4. The minimum atomic E-state index is 1.02. The van der Waals surface area contributed by atoms with Gasteiger partial charge in [0.05, 0.1) is 0 Å². The van der Waals surface area contributed by atoms with Gasteiger partial charge in [0.25, 0.3) is 0 Å². The molecule has 2 rings (SSSR count). The highest BCUT2D eigenvalue weighted by atomic mass is 14.2. The van der Waals surface area contributed by atoms with Gasteiger partial charge in [0, 0.05) is 5.92 Å². The lowest BCUT2D eigenvalue weighted by Crippen LogP contribution is -1.95. The maximum atomic E-state index is 4.20. The van der Waals surface area contributed by atoms with E-state index in [0.717, 1.165) is 22.3 Å². The Morgan fingerprint density at radius 2 is 1.61 bits per heavy atom. The summed E-state index contributed by atoms with van der Waals surface area (Å²) in [5.41, 5.74) is 4.29. The Labute approximate surface area is 111 Å². The molecule has 5 radical (unpaired) electrons. The lowest BCUT2D eigenvalue weighted by molar-refractivity contribution is 1.33. The van der Waals surface area contributed by atoms with Crippen molar-refractivity contribution in [1.82, 2.24) is 0 Å². The molecule has 0 N–H and O–H groups in total. The van der Waals surface area contributed by atoms with E-state index in [9.17, 15) is 0 Å². The van der Waals surface area contributed by atoms with Gasteiger partial charge in [0.1, 0.15) is 0 Å². The van der Waals surface area contributed by atoms with E-state index in [1.54, 1.807) is 0 Å². The highest BCUT2D eigenvalue weighted by Gasteiger charge is 2.16. The van der Waals surface area contributed by atoms with Gasteiger partial charge in [-0.15, -0.1) is 0 Å².